The minimum absolute atomic E-state index is 0.146. The number of sulfonamides is 1. The highest BCUT2D eigenvalue weighted by atomic mass is 35.5. The molecule has 0 spiro atoms. The second kappa shape index (κ2) is 6.03. The molecule has 0 aromatic carbocycles. The Morgan fingerprint density at radius 1 is 1.13 bits per heavy atom. The molecular formula is C7H16ClNO4S2. The summed E-state index contributed by atoms with van der Waals surface area (Å²) in [5.41, 5.74) is 0. The SMILES string of the molecule is CCCN(CCCl)S(=O)(=O)CS(C)(=O)=O. The molecule has 0 radical (unpaired) electrons. The maximum Gasteiger partial charge on any atom is 0.228 e. The Labute approximate surface area is 96.4 Å². The molecular weight excluding hydrogens is 262 g/mol. The molecule has 0 atom stereocenters. The lowest BCUT2D eigenvalue weighted by atomic mass is 10.5. The van der Waals surface area contributed by atoms with Crippen molar-refractivity contribution in [2.75, 3.05) is 30.3 Å². The molecule has 92 valence electrons. The van der Waals surface area contributed by atoms with Gasteiger partial charge >= 0.3 is 0 Å². The second-order valence-electron chi connectivity index (χ2n) is 3.24. The van der Waals surface area contributed by atoms with Gasteiger partial charge in [0.15, 0.2) is 14.9 Å². The van der Waals surface area contributed by atoms with E-state index in [2.05, 4.69) is 0 Å². The summed E-state index contributed by atoms with van der Waals surface area (Å²) in [6.07, 6.45) is 1.52. The fraction of sp³-hybridized carbons (Fsp3) is 1.00. The van der Waals surface area contributed by atoms with Crippen LogP contribution in [0.2, 0.25) is 0 Å². The van der Waals surface area contributed by atoms with Gasteiger partial charge in [-0.3, -0.25) is 0 Å². The number of halogens is 1. The molecule has 5 nitrogen and oxygen atoms in total. The lowest BCUT2D eigenvalue weighted by Gasteiger charge is -2.19. The summed E-state index contributed by atoms with van der Waals surface area (Å²) in [4.78, 5) is 0. The Morgan fingerprint density at radius 2 is 1.67 bits per heavy atom. The summed E-state index contributed by atoms with van der Waals surface area (Å²) in [6.45, 7) is 2.26. The average Bonchev–Trinajstić information content (AvgIpc) is 1.99. The molecule has 0 rings (SSSR count). The molecule has 0 unspecified atom stereocenters. The van der Waals surface area contributed by atoms with Crippen molar-refractivity contribution in [3.05, 3.63) is 0 Å². The maximum atomic E-state index is 11.6. The van der Waals surface area contributed by atoms with Crippen LogP contribution in [0.5, 0.6) is 0 Å². The number of hydrogen-bond donors (Lipinski definition) is 0. The molecule has 0 aliphatic heterocycles. The molecule has 0 fully saturated rings. The minimum atomic E-state index is -3.74. The van der Waals surface area contributed by atoms with Crippen LogP contribution in [0.25, 0.3) is 0 Å². The zero-order chi connectivity index (χ0) is 12.1. The van der Waals surface area contributed by atoms with E-state index in [-0.39, 0.29) is 12.4 Å². The van der Waals surface area contributed by atoms with E-state index in [1.807, 2.05) is 6.92 Å². The summed E-state index contributed by atoms with van der Waals surface area (Å²) in [6, 6.07) is 0. The highest BCUT2D eigenvalue weighted by Crippen LogP contribution is 2.06. The molecule has 0 aliphatic carbocycles. The van der Waals surface area contributed by atoms with Gasteiger partial charge in [-0.1, -0.05) is 6.92 Å². The molecule has 0 aromatic rings. The van der Waals surface area contributed by atoms with Crippen LogP contribution in [0.3, 0.4) is 0 Å². The Morgan fingerprint density at radius 3 is 2.00 bits per heavy atom. The second-order valence-corrected chi connectivity index (χ2v) is 8.10. The fourth-order valence-corrected chi connectivity index (χ4v) is 4.97. The Balaban J connectivity index is 4.79. The average molecular weight is 278 g/mol. The number of nitrogens with zero attached hydrogens (tertiary/aromatic N) is 1. The van der Waals surface area contributed by atoms with E-state index in [4.69, 9.17) is 11.6 Å². The van der Waals surface area contributed by atoms with Crippen molar-refractivity contribution in [1.29, 1.82) is 0 Å². The Hall–Kier alpha value is 0.150. The van der Waals surface area contributed by atoms with Gasteiger partial charge in [0.25, 0.3) is 0 Å². The van der Waals surface area contributed by atoms with Crippen molar-refractivity contribution in [3.8, 4) is 0 Å². The van der Waals surface area contributed by atoms with Crippen molar-refractivity contribution < 1.29 is 16.8 Å². The van der Waals surface area contributed by atoms with Crippen LogP contribution in [-0.4, -0.2) is 51.5 Å². The molecule has 0 saturated carbocycles. The van der Waals surface area contributed by atoms with Crippen molar-refractivity contribution >= 4 is 31.5 Å². The number of rotatable bonds is 7. The van der Waals surface area contributed by atoms with Crippen LogP contribution >= 0.6 is 11.6 Å². The summed E-state index contributed by atoms with van der Waals surface area (Å²) < 4.78 is 46.2. The predicted molar refractivity (Wildman–Crippen MR) is 61.2 cm³/mol. The largest absolute Gasteiger partial charge is 0.228 e. The summed E-state index contributed by atoms with van der Waals surface area (Å²) in [5, 5.41) is -0.850. The molecule has 0 bridgehead atoms. The van der Waals surface area contributed by atoms with Crippen molar-refractivity contribution in [2.45, 2.75) is 13.3 Å². The van der Waals surface area contributed by atoms with Gasteiger partial charge in [-0.15, -0.1) is 11.6 Å². The third kappa shape index (κ3) is 6.34. The maximum absolute atomic E-state index is 11.6. The topological polar surface area (TPSA) is 71.5 Å². The van der Waals surface area contributed by atoms with Crippen molar-refractivity contribution in [2.24, 2.45) is 0 Å². The number of alkyl halides is 1. The zero-order valence-electron chi connectivity index (χ0n) is 8.81. The van der Waals surface area contributed by atoms with E-state index in [0.29, 0.717) is 13.0 Å². The van der Waals surface area contributed by atoms with Gasteiger partial charge in [0.1, 0.15) is 0 Å². The van der Waals surface area contributed by atoms with Crippen molar-refractivity contribution in [1.82, 2.24) is 4.31 Å². The molecule has 0 aromatic heterocycles. The first kappa shape index (κ1) is 15.2. The van der Waals surface area contributed by atoms with Gasteiger partial charge in [0, 0.05) is 25.2 Å². The molecule has 15 heavy (non-hydrogen) atoms. The van der Waals surface area contributed by atoms with Crippen LogP contribution in [0, 0.1) is 0 Å². The van der Waals surface area contributed by atoms with Crippen LogP contribution in [0.1, 0.15) is 13.3 Å². The highest BCUT2D eigenvalue weighted by molar-refractivity contribution is 8.06. The van der Waals surface area contributed by atoms with Gasteiger partial charge in [-0.25, -0.2) is 16.8 Å². The van der Waals surface area contributed by atoms with Crippen LogP contribution < -0.4 is 0 Å². The molecule has 0 aliphatic rings. The predicted octanol–water partition coefficient (Wildman–Crippen LogP) is 0.269. The first-order chi connectivity index (χ1) is 6.73. The number of hydrogen-bond acceptors (Lipinski definition) is 4. The number of sulfone groups is 1. The van der Waals surface area contributed by atoms with Gasteiger partial charge in [0.2, 0.25) is 10.0 Å². The van der Waals surface area contributed by atoms with Crippen molar-refractivity contribution in [3.63, 3.8) is 0 Å². The normalized spacial score (nSPS) is 13.3. The zero-order valence-corrected chi connectivity index (χ0v) is 11.2. The molecule has 0 N–H and O–H groups in total. The van der Waals surface area contributed by atoms with E-state index >= 15 is 0 Å². The van der Waals surface area contributed by atoms with E-state index < -0.39 is 24.9 Å². The lowest BCUT2D eigenvalue weighted by molar-refractivity contribution is 0.431. The van der Waals surface area contributed by atoms with Crippen LogP contribution in [0.4, 0.5) is 0 Å². The van der Waals surface area contributed by atoms with Gasteiger partial charge in [-0.05, 0) is 6.42 Å². The summed E-state index contributed by atoms with van der Waals surface area (Å²) in [7, 11) is -7.28. The molecule has 0 saturated heterocycles. The first-order valence-corrected chi connectivity index (χ1v) is 8.65. The van der Waals surface area contributed by atoms with E-state index in [1.165, 1.54) is 0 Å². The smallest absolute Gasteiger partial charge is 0.228 e. The monoisotopic (exact) mass is 277 g/mol. The fourth-order valence-electron chi connectivity index (χ4n) is 1.08. The van der Waals surface area contributed by atoms with Gasteiger partial charge < -0.3 is 0 Å². The van der Waals surface area contributed by atoms with E-state index in [9.17, 15) is 16.8 Å². The van der Waals surface area contributed by atoms with Crippen LogP contribution in [-0.2, 0) is 19.9 Å². The first-order valence-electron chi connectivity index (χ1n) is 4.44. The van der Waals surface area contributed by atoms with E-state index in [1.54, 1.807) is 0 Å². The Kier molecular flexibility index (Phi) is 6.09. The third-order valence-electron chi connectivity index (χ3n) is 1.56. The molecule has 0 heterocycles. The Bertz CT molecular complexity index is 370. The third-order valence-corrected chi connectivity index (χ3v) is 5.79. The highest BCUT2D eigenvalue weighted by Gasteiger charge is 2.25. The van der Waals surface area contributed by atoms with Gasteiger partial charge in [0.05, 0.1) is 0 Å². The summed E-state index contributed by atoms with van der Waals surface area (Å²) in [5.74, 6) is 0.156. The standard InChI is InChI=1S/C7H16ClNO4S2/c1-3-5-9(6-4-8)15(12,13)7-14(2,10)11/h3-7H2,1-2H3. The van der Waals surface area contributed by atoms with E-state index in [0.717, 1.165) is 10.6 Å². The summed E-state index contributed by atoms with van der Waals surface area (Å²) >= 11 is 5.45. The quantitative estimate of drug-likeness (QED) is 0.626. The van der Waals surface area contributed by atoms with Gasteiger partial charge in [-0.2, -0.15) is 4.31 Å². The lowest BCUT2D eigenvalue weighted by Crippen LogP contribution is -2.37. The minimum Gasteiger partial charge on any atom is -0.228 e. The molecule has 8 heteroatoms. The molecule has 0 amide bonds. The van der Waals surface area contributed by atoms with Crippen LogP contribution in [0.15, 0.2) is 0 Å².